The van der Waals surface area contributed by atoms with Crippen LogP contribution in [0.2, 0.25) is 0 Å². The molecule has 0 bridgehead atoms. The van der Waals surface area contributed by atoms with Crippen LogP contribution in [0.1, 0.15) is 28.2 Å². The number of likely N-dealkylation sites (tertiary alicyclic amines) is 1. The zero-order valence-electron chi connectivity index (χ0n) is 10.3. The van der Waals surface area contributed by atoms with E-state index in [0.717, 1.165) is 31.7 Å². The lowest BCUT2D eigenvalue weighted by molar-refractivity contribution is 0.0678. The Kier molecular flexibility index (Phi) is 4.06. The normalized spacial score (nSPS) is 20.6. The Bertz CT molecular complexity index is 391. The monoisotopic (exact) mass is 254 g/mol. The Morgan fingerprint density at radius 1 is 1.65 bits per heavy atom. The topological polar surface area (TPSA) is 58.1 Å². The molecule has 1 aliphatic rings. The largest absolute Gasteiger partial charge is 0.338 e. The van der Waals surface area contributed by atoms with Crippen molar-refractivity contribution in [2.24, 2.45) is 5.92 Å². The molecule has 2 heterocycles. The average molecular weight is 254 g/mol. The number of hydrogen-bond acceptors (Lipinski definition) is 5. The van der Waals surface area contributed by atoms with Crippen LogP contribution in [0, 0.1) is 12.8 Å². The molecular weight excluding hydrogens is 236 g/mol. The molecule has 17 heavy (non-hydrogen) atoms. The second-order valence-corrected chi connectivity index (χ2v) is 5.26. The zero-order chi connectivity index (χ0) is 12.3. The maximum absolute atomic E-state index is 12.3. The first kappa shape index (κ1) is 12.4. The van der Waals surface area contributed by atoms with Gasteiger partial charge in [0.05, 0.1) is 5.69 Å². The summed E-state index contributed by atoms with van der Waals surface area (Å²) in [5.74, 6) is 0.664. The molecule has 0 aromatic carbocycles. The summed E-state index contributed by atoms with van der Waals surface area (Å²) < 4.78 is 3.82. The molecule has 1 atom stereocenters. The van der Waals surface area contributed by atoms with Crippen LogP contribution in [-0.2, 0) is 0 Å². The van der Waals surface area contributed by atoms with Crippen LogP contribution in [-0.4, -0.2) is 47.1 Å². The third-order valence-corrected chi connectivity index (χ3v) is 3.96. The van der Waals surface area contributed by atoms with Gasteiger partial charge in [-0.15, -0.1) is 5.10 Å². The van der Waals surface area contributed by atoms with Gasteiger partial charge in [-0.3, -0.25) is 4.79 Å². The quantitative estimate of drug-likeness (QED) is 0.871. The highest BCUT2D eigenvalue weighted by Crippen LogP contribution is 2.20. The van der Waals surface area contributed by atoms with Crippen LogP contribution in [0.4, 0.5) is 0 Å². The summed E-state index contributed by atoms with van der Waals surface area (Å²) in [6.07, 6.45) is 2.29. The molecule has 6 heteroatoms. The molecule has 0 saturated carbocycles. The van der Waals surface area contributed by atoms with Gasteiger partial charge in [-0.25, -0.2) is 0 Å². The number of rotatable bonds is 3. The van der Waals surface area contributed by atoms with E-state index in [1.165, 1.54) is 18.0 Å². The van der Waals surface area contributed by atoms with Crippen LogP contribution in [0.3, 0.4) is 0 Å². The Morgan fingerprint density at radius 2 is 2.47 bits per heavy atom. The van der Waals surface area contributed by atoms with Gasteiger partial charge >= 0.3 is 0 Å². The molecule has 0 aliphatic carbocycles. The Balaban J connectivity index is 2.02. The molecule has 2 rings (SSSR count). The standard InChI is InChI=1S/C11H18N4OS/c1-8-10(17-14-13-8)11(16)15-5-3-4-9(7-15)6-12-2/h9,12H,3-7H2,1-2H3. The van der Waals surface area contributed by atoms with E-state index in [4.69, 9.17) is 0 Å². The van der Waals surface area contributed by atoms with Gasteiger partial charge in [0.2, 0.25) is 0 Å². The minimum absolute atomic E-state index is 0.0957. The minimum Gasteiger partial charge on any atom is -0.338 e. The second-order valence-electron chi connectivity index (χ2n) is 4.50. The number of nitrogens with zero attached hydrogens (tertiary/aromatic N) is 3. The molecule has 1 aliphatic heterocycles. The van der Waals surface area contributed by atoms with Gasteiger partial charge in [0.1, 0.15) is 4.88 Å². The summed E-state index contributed by atoms with van der Waals surface area (Å²) in [7, 11) is 1.96. The zero-order valence-corrected chi connectivity index (χ0v) is 11.1. The molecule has 0 radical (unpaired) electrons. The van der Waals surface area contributed by atoms with E-state index in [9.17, 15) is 4.79 Å². The van der Waals surface area contributed by atoms with Crippen LogP contribution in [0.15, 0.2) is 0 Å². The van der Waals surface area contributed by atoms with Crippen molar-refractivity contribution in [3.63, 3.8) is 0 Å². The fourth-order valence-corrected chi connectivity index (χ4v) is 2.90. The highest BCUT2D eigenvalue weighted by Gasteiger charge is 2.26. The lowest BCUT2D eigenvalue weighted by Gasteiger charge is -2.32. The molecule has 94 valence electrons. The molecular formula is C11H18N4OS. The number of hydrogen-bond donors (Lipinski definition) is 1. The highest BCUT2D eigenvalue weighted by atomic mass is 32.1. The van der Waals surface area contributed by atoms with E-state index in [-0.39, 0.29) is 5.91 Å². The maximum atomic E-state index is 12.3. The molecule has 1 fully saturated rings. The van der Waals surface area contributed by atoms with Crippen LogP contribution >= 0.6 is 11.5 Å². The van der Waals surface area contributed by atoms with Crippen molar-refractivity contribution in [3.05, 3.63) is 10.6 Å². The summed E-state index contributed by atoms with van der Waals surface area (Å²) >= 11 is 1.20. The summed E-state index contributed by atoms with van der Waals surface area (Å²) in [5, 5.41) is 7.08. The van der Waals surface area contributed by atoms with Gasteiger partial charge < -0.3 is 10.2 Å². The van der Waals surface area contributed by atoms with Crippen molar-refractivity contribution in [2.75, 3.05) is 26.7 Å². The summed E-state index contributed by atoms with van der Waals surface area (Å²) in [6.45, 7) is 4.52. The first-order valence-corrected chi connectivity index (χ1v) is 6.72. The van der Waals surface area contributed by atoms with Gasteiger partial charge in [-0.1, -0.05) is 4.49 Å². The molecule has 5 nitrogen and oxygen atoms in total. The predicted molar refractivity (Wildman–Crippen MR) is 67.2 cm³/mol. The molecule has 1 N–H and O–H groups in total. The first-order valence-electron chi connectivity index (χ1n) is 5.95. The van der Waals surface area contributed by atoms with Crippen molar-refractivity contribution < 1.29 is 4.79 Å². The predicted octanol–water partition coefficient (Wildman–Crippen LogP) is 0.918. The second kappa shape index (κ2) is 5.55. The summed E-state index contributed by atoms with van der Waals surface area (Å²) in [4.78, 5) is 14.9. The number of aryl methyl sites for hydroxylation is 1. The number of piperidine rings is 1. The third kappa shape index (κ3) is 2.81. The van der Waals surface area contributed by atoms with Crippen molar-refractivity contribution in [3.8, 4) is 0 Å². The van der Waals surface area contributed by atoms with Crippen molar-refractivity contribution >= 4 is 17.4 Å². The SMILES string of the molecule is CNCC1CCCN(C(=O)c2snnc2C)C1. The number of nitrogens with one attached hydrogen (secondary N) is 1. The minimum atomic E-state index is 0.0957. The van der Waals surface area contributed by atoms with E-state index in [1.54, 1.807) is 0 Å². The van der Waals surface area contributed by atoms with Crippen molar-refractivity contribution in [1.29, 1.82) is 0 Å². The first-order chi connectivity index (χ1) is 8.22. The van der Waals surface area contributed by atoms with E-state index >= 15 is 0 Å². The van der Waals surface area contributed by atoms with Gasteiger partial charge in [0, 0.05) is 13.1 Å². The van der Waals surface area contributed by atoms with E-state index < -0.39 is 0 Å². The number of amides is 1. The molecule has 1 amide bonds. The Hall–Kier alpha value is -1.01. The van der Waals surface area contributed by atoms with Crippen LogP contribution < -0.4 is 5.32 Å². The summed E-state index contributed by atoms with van der Waals surface area (Å²) in [5.41, 5.74) is 0.746. The molecule has 1 aromatic rings. The van der Waals surface area contributed by atoms with Gasteiger partial charge in [0.25, 0.3) is 5.91 Å². The van der Waals surface area contributed by atoms with E-state index in [0.29, 0.717) is 10.8 Å². The van der Waals surface area contributed by atoms with Gasteiger partial charge in [-0.05, 0) is 50.8 Å². The molecule has 1 unspecified atom stereocenters. The Labute approximate surface area is 105 Å². The van der Waals surface area contributed by atoms with E-state index in [2.05, 4.69) is 14.9 Å². The highest BCUT2D eigenvalue weighted by molar-refractivity contribution is 7.07. The fraction of sp³-hybridized carbons (Fsp3) is 0.727. The third-order valence-electron chi connectivity index (χ3n) is 3.14. The average Bonchev–Trinajstić information content (AvgIpc) is 2.75. The lowest BCUT2D eigenvalue weighted by atomic mass is 9.98. The van der Waals surface area contributed by atoms with Gasteiger partial charge in [-0.2, -0.15) is 0 Å². The van der Waals surface area contributed by atoms with Crippen molar-refractivity contribution in [1.82, 2.24) is 19.8 Å². The van der Waals surface area contributed by atoms with Crippen LogP contribution in [0.5, 0.6) is 0 Å². The van der Waals surface area contributed by atoms with Crippen molar-refractivity contribution in [2.45, 2.75) is 19.8 Å². The number of aromatic nitrogens is 2. The van der Waals surface area contributed by atoms with E-state index in [1.807, 2.05) is 18.9 Å². The fourth-order valence-electron chi connectivity index (χ4n) is 2.28. The number of carbonyl (C=O) groups is 1. The Morgan fingerprint density at radius 3 is 3.12 bits per heavy atom. The van der Waals surface area contributed by atoms with Crippen LogP contribution in [0.25, 0.3) is 0 Å². The number of carbonyl (C=O) groups excluding carboxylic acids is 1. The lowest BCUT2D eigenvalue weighted by Crippen LogP contribution is -2.42. The van der Waals surface area contributed by atoms with Gasteiger partial charge in [0.15, 0.2) is 0 Å². The summed E-state index contributed by atoms with van der Waals surface area (Å²) in [6, 6.07) is 0. The smallest absolute Gasteiger partial charge is 0.267 e. The molecule has 1 saturated heterocycles. The molecule has 0 spiro atoms. The maximum Gasteiger partial charge on any atom is 0.267 e. The molecule has 1 aromatic heterocycles.